The van der Waals surface area contributed by atoms with Crippen molar-refractivity contribution >= 4 is 16.7 Å². The summed E-state index contributed by atoms with van der Waals surface area (Å²) in [5.74, 6) is -0.830. The molecular weight excluding hydrogens is 254 g/mol. The zero-order chi connectivity index (χ0) is 14.4. The molecule has 5 heteroatoms. The number of nitrogens with zero attached hydrogens (tertiary/aromatic N) is 3. The standard InChI is InChI=1S/C15H15N3O2/c16-18-17-14(6-3-7-15(19)20)13-9-8-11-4-1-2-5-12(11)10-13/h1-2,4-5,8-10,14H,3,6-7H2,(H,19,20). The second-order valence-electron chi connectivity index (χ2n) is 4.61. The second-order valence-corrected chi connectivity index (χ2v) is 4.61. The van der Waals surface area contributed by atoms with Gasteiger partial charge in [0.05, 0.1) is 6.04 Å². The lowest BCUT2D eigenvalue weighted by Gasteiger charge is -2.11. The summed E-state index contributed by atoms with van der Waals surface area (Å²) < 4.78 is 0. The summed E-state index contributed by atoms with van der Waals surface area (Å²) in [7, 11) is 0. The Morgan fingerprint density at radius 2 is 2.00 bits per heavy atom. The van der Waals surface area contributed by atoms with Crippen molar-refractivity contribution in [1.29, 1.82) is 0 Å². The van der Waals surface area contributed by atoms with E-state index in [-0.39, 0.29) is 12.5 Å². The van der Waals surface area contributed by atoms with Crippen LogP contribution in [0.15, 0.2) is 47.6 Å². The van der Waals surface area contributed by atoms with Crippen molar-refractivity contribution in [2.24, 2.45) is 5.11 Å². The fraction of sp³-hybridized carbons (Fsp3) is 0.267. The van der Waals surface area contributed by atoms with E-state index in [2.05, 4.69) is 10.0 Å². The fourth-order valence-corrected chi connectivity index (χ4v) is 2.22. The van der Waals surface area contributed by atoms with Crippen LogP contribution in [-0.2, 0) is 4.79 Å². The zero-order valence-corrected chi connectivity index (χ0v) is 10.9. The van der Waals surface area contributed by atoms with E-state index in [0.717, 1.165) is 16.3 Å². The highest BCUT2D eigenvalue weighted by Crippen LogP contribution is 2.27. The van der Waals surface area contributed by atoms with Gasteiger partial charge in [-0.15, -0.1) is 0 Å². The van der Waals surface area contributed by atoms with E-state index >= 15 is 0 Å². The molecule has 2 aromatic rings. The predicted molar refractivity (Wildman–Crippen MR) is 77.3 cm³/mol. The summed E-state index contributed by atoms with van der Waals surface area (Å²) in [6.07, 6.45) is 1.12. The van der Waals surface area contributed by atoms with Crippen LogP contribution < -0.4 is 0 Å². The van der Waals surface area contributed by atoms with Gasteiger partial charge in [-0.05, 0) is 34.7 Å². The molecule has 1 N–H and O–H groups in total. The van der Waals surface area contributed by atoms with Gasteiger partial charge in [0.25, 0.3) is 0 Å². The van der Waals surface area contributed by atoms with E-state index < -0.39 is 5.97 Å². The van der Waals surface area contributed by atoms with Gasteiger partial charge in [-0.25, -0.2) is 0 Å². The van der Waals surface area contributed by atoms with Crippen LogP contribution in [-0.4, -0.2) is 11.1 Å². The maximum atomic E-state index is 10.5. The van der Waals surface area contributed by atoms with Crippen molar-refractivity contribution in [2.75, 3.05) is 0 Å². The van der Waals surface area contributed by atoms with Gasteiger partial charge >= 0.3 is 5.97 Å². The van der Waals surface area contributed by atoms with E-state index in [1.54, 1.807) is 0 Å². The van der Waals surface area contributed by atoms with Gasteiger partial charge in [-0.1, -0.05) is 47.6 Å². The van der Waals surface area contributed by atoms with Crippen LogP contribution in [0.25, 0.3) is 21.2 Å². The molecule has 5 nitrogen and oxygen atoms in total. The van der Waals surface area contributed by atoms with Gasteiger partial charge in [0.15, 0.2) is 0 Å². The number of rotatable bonds is 6. The highest BCUT2D eigenvalue weighted by Gasteiger charge is 2.11. The van der Waals surface area contributed by atoms with E-state index in [1.165, 1.54) is 0 Å². The molecule has 102 valence electrons. The quantitative estimate of drug-likeness (QED) is 0.477. The minimum Gasteiger partial charge on any atom is -0.481 e. The molecule has 1 unspecified atom stereocenters. The van der Waals surface area contributed by atoms with Crippen LogP contribution in [0.4, 0.5) is 0 Å². The number of carboxylic acid groups (broad SMARTS) is 1. The monoisotopic (exact) mass is 269 g/mol. The molecule has 0 heterocycles. The summed E-state index contributed by atoms with van der Waals surface area (Å²) in [5, 5.41) is 14.7. The number of carboxylic acids is 1. The lowest BCUT2D eigenvalue weighted by Crippen LogP contribution is -1.99. The van der Waals surface area contributed by atoms with E-state index in [4.69, 9.17) is 10.6 Å². The third-order valence-corrected chi connectivity index (χ3v) is 3.22. The number of benzene rings is 2. The van der Waals surface area contributed by atoms with Gasteiger partial charge < -0.3 is 5.11 Å². The van der Waals surface area contributed by atoms with Crippen LogP contribution in [0, 0.1) is 0 Å². The molecule has 0 aromatic heterocycles. The molecule has 0 aliphatic heterocycles. The largest absolute Gasteiger partial charge is 0.481 e. The molecule has 0 amide bonds. The van der Waals surface area contributed by atoms with E-state index in [9.17, 15) is 4.79 Å². The average molecular weight is 269 g/mol. The van der Waals surface area contributed by atoms with Gasteiger partial charge in [0.2, 0.25) is 0 Å². The van der Waals surface area contributed by atoms with Crippen molar-refractivity contribution in [2.45, 2.75) is 25.3 Å². The molecule has 0 spiro atoms. The molecule has 20 heavy (non-hydrogen) atoms. The molecule has 0 aliphatic carbocycles. The third kappa shape index (κ3) is 3.49. The summed E-state index contributed by atoms with van der Waals surface area (Å²) in [5.41, 5.74) is 9.58. The Balaban J connectivity index is 2.22. The third-order valence-electron chi connectivity index (χ3n) is 3.22. The number of fused-ring (bicyclic) bond motifs is 1. The van der Waals surface area contributed by atoms with Crippen molar-refractivity contribution < 1.29 is 9.90 Å². The lowest BCUT2D eigenvalue weighted by molar-refractivity contribution is -0.137. The normalized spacial score (nSPS) is 11.8. The van der Waals surface area contributed by atoms with Gasteiger partial charge in [0.1, 0.15) is 0 Å². The number of aliphatic carboxylic acids is 1. The lowest BCUT2D eigenvalue weighted by atomic mass is 9.98. The Bertz CT molecular complexity index is 663. The molecular formula is C15H15N3O2. The first kappa shape index (κ1) is 13.9. The molecule has 0 saturated heterocycles. The SMILES string of the molecule is [N-]=[N+]=NC(CCCC(=O)O)c1ccc2ccccc2c1. The molecule has 0 fully saturated rings. The molecule has 2 rings (SSSR count). The van der Waals surface area contributed by atoms with Crippen molar-refractivity contribution in [3.05, 3.63) is 58.5 Å². The molecule has 0 bridgehead atoms. The molecule has 0 saturated carbocycles. The second kappa shape index (κ2) is 6.59. The summed E-state index contributed by atoms with van der Waals surface area (Å²) in [4.78, 5) is 13.4. The first-order chi connectivity index (χ1) is 9.70. The Kier molecular flexibility index (Phi) is 4.58. The van der Waals surface area contributed by atoms with Crippen molar-refractivity contribution in [1.82, 2.24) is 0 Å². The average Bonchev–Trinajstić information content (AvgIpc) is 2.45. The summed E-state index contributed by atoms with van der Waals surface area (Å²) in [6.45, 7) is 0. The van der Waals surface area contributed by atoms with Gasteiger partial charge in [-0.2, -0.15) is 0 Å². The van der Waals surface area contributed by atoms with Crippen molar-refractivity contribution in [3.8, 4) is 0 Å². The van der Waals surface area contributed by atoms with Gasteiger partial charge in [0, 0.05) is 11.3 Å². The Morgan fingerprint density at radius 1 is 1.25 bits per heavy atom. The minimum atomic E-state index is -0.830. The summed E-state index contributed by atoms with van der Waals surface area (Å²) >= 11 is 0. The van der Waals surface area contributed by atoms with Crippen LogP contribution in [0.5, 0.6) is 0 Å². The predicted octanol–water partition coefficient (Wildman–Crippen LogP) is 4.45. The molecule has 1 atom stereocenters. The zero-order valence-electron chi connectivity index (χ0n) is 10.9. The van der Waals surface area contributed by atoms with Crippen LogP contribution in [0.2, 0.25) is 0 Å². The highest BCUT2D eigenvalue weighted by molar-refractivity contribution is 5.83. The fourth-order valence-electron chi connectivity index (χ4n) is 2.22. The van der Waals surface area contributed by atoms with Crippen LogP contribution >= 0.6 is 0 Å². The number of azide groups is 1. The molecule has 2 aromatic carbocycles. The van der Waals surface area contributed by atoms with E-state index in [1.807, 2.05) is 42.5 Å². The van der Waals surface area contributed by atoms with Gasteiger partial charge in [-0.3, -0.25) is 4.79 Å². The molecule has 0 radical (unpaired) electrons. The maximum absolute atomic E-state index is 10.5. The number of carbonyl (C=O) groups is 1. The Morgan fingerprint density at radius 3 is 2.70 bits per heavy atom. The number of hydrogen-bond acceptors (Lipinski definition) is 2. The Hall–Kier alpha value is -2.52. The highest BCUT2D eigenvalue weighted by atomic mass is 16.4. The first-order valence-corrected chi connectivity index (χ1v) is 6.45. The Labute approximate surface area is 116 Å². The van der Waals surface area contributed by atoms with Crippen LogP contribution in [0.3, 0.4) is 0 Å². The molecule has 0 aliphatic rings. The number of hydrogen-bond donors (Lipinski definition) is 1. The maximum Gasteiger partial charge on any atom is 0.303 e. The summed E-state index contributed by atoms with van der Waals surface area (Å²) in [6, 6.07) is 13.6. The first-order valence-electron chi connectivity index (χ1n) is 6.45. The van der Waals surface area contributed by atoms with Crippen molar-refractivity contribution in [3.63, 3.8) is 0 Å². The topological polar surface area (TPSA) is 86.1 Å². The smallest absolute Gasteiger partial charge is 0.303 e. The minimum absolute atomic E-state index is 0.0883. The van der Waals surface area contributed by atoms with Crippen LogP contribution in [0.1, 0.15) is 30.9 Å². The van der Waals surface area contributed by atoms with E-state index in [0.29, 0.717) is 12.8 Å².